The number of ether oxygens (including phenoxy) is 4. The lowest BCUT2D eigenvalue weighted by Gasteiger charge is -2.43. The molecule has 0 aromatic rings. The van der Waals surface area contributed by atoms with Crippen LogP contribution in [-0.2, 0) is 18.9 Å². The summed E-state index contributed by atoms with van der Waals surface area (Å²) >= 11 is 0. The zero-order valence-electron chi connectivity index (χ0n) is 13.2. The minimum absolute atomic E-state index is 0.332. The second kappa shape index (κ2) is 6.12. The van der Waals surface area contributed by atoms with Crippen LogP contribution in [0.5, 0.6) is 0 Å². The Labute approximate surface area is 142 Å². The molecule has 2 saturated heterocycles. The monoisotopic (exact) mass is 362 g/mol. The van der Waals surface area contributed by atoms with E-state index in [4.69, 9.17) is 18.9 Å². The molecule has 0 bridgehead atoms. The quantitative estimate of drug-likeness (QED) is 0.276. The Bertz CT molecular complexity index is 540. The van der Waals surface area contributed by atoms with Crippen LogP contribution >= 0.6 is 0 Å². The van der Waals surface area contributed by atoms with Crippen LogP contribution in [0.3, 0.4) is 0 Å². The molecule has 6 N–H and O–H groups in total. The van der Waals surface area contributed by atoms with Crippen LogP contribution in [0.4, 0.5) is 0 Å². The SMILES string of the molecule is OC[C@H]1O[C@@H](O[C@H]2OC=C[C@@H]3[C@@H](O)[C@@H]4O[C@]4(CO)[C@H]23)[C@H](O)[C@@H](O)[C@@H]1O. The van der Waals surface area contributed by atoms with Crippen LogP contribution in [0.15, 0.2) is 12.3 Å². The van der Waals surface area contributed by atoms with Crippen LogP contribution < -0.4 is 0 Å². The van der Waals surface area contributed by atoms with Crippen molar-refractivity contribution >= 4 is 0 Å². The topological polar surface area (TPSA) is 162 Å². The lowest BCUT2D eigenvalue weighted by atomic mass is 9.85. The molecule has 1 saturated carbocycles. The van der Waals surface area contributed by atoms with E-state index in [0.29, 0.717) is 0 Å². The predicted molar refractivity (Wildman–Crippen MR) is 76.5 cm³/mol. The van der Waals surface area contributed by atoms with E-state index in [0.717, 1.165) is 0 Å². The molecule has 142 valence electrons. The highest BCUT2D eigenvalue weighted by Gasteiger charge is 2.75. The number of rotatable bonds is 4. The highest BCUT2D eigenvalue weighted by atomic mass is 16.8. The maximum atomic E-state index is 10.3. The molecule has 10 heteroatoms. The molecule has 4 rings (SSSR count). The van der Waals surface area contributed by atoms with Gasteiger partial charge >= 0.3 is 0 Å². The van der Waals surface area contributed by atoms with Crippen molar-refractivity contribution in [3.05, 3.63) is 12.3 Å². The number of aliphatic hydroxyl groups excluding tert-OH is 6. The Hall–Kier alpha value is -0.820. The van der Waals surface area contributed by atoms with E-state index in [1.807, 2.05) is 0 Å². The van der Waals surface area contributed by atoms with Gasteiger partial charge in [-0.1, -0.05) is 0 Å². The number of hydrogen-bond donors (Lipinski definition) is 6. The van der Waals surface area contributed by atoms with Gasteiger partial charge in [0.1, 0.15) is 36.1 Å². The minimum atomic E-state index is -1.57. The predicted octanol–water partition coefficient (Wildman–Crippen LogP) is -3.59. The van der Waals surface area contributed by atoms with Gasteiger partial charge in [0.05, 0.1) is 31.5 Å². The lowest BCUT2D eigenvalue weighted by molar-refractivity contribution is -0.344. The van der Waals surface area contributed by atoms with Gasteiger partial charge in [0.25, 0.3) is 0 Å². The summed E-state index contributed by atoms with van der Waals surface area (Å²) in [5, 5.41) is 59.0. The van der Waals surface area contributed by atoms with Crippen molar-refractivity contribution in [3.8, 4) is 0 Å². The molecule has 1 aliphatic carbocycles. The first-order valence-electron chi connectivity index (χ1n) is 8.19. The maximum Gasteiger partial charge on any atom is 0.208 e. The van der Waals surface area contributed by atoms with Crippen molar-refractivity contribution in [1.82, 2.24) is 0 Å². The second-order valence-corrected chi connectivity index (χ2v) is 6.91. The average Bonchev–Trinajstić information content (AvgIpc) is 3.31. The number of fused-ring (bicyclic) bond motifs is 3. The Morgan fingerprint density at radius 2 is 1.72 bits per heavy atom. The van der Waals surface area contributed by atoms with E-state index >= 15 is 0 Å². The molecule has 0 radical (unpaired) electrons. The van der Waals surface area contributed by atoms with E-state index in [1.165, 1.54) is 6.26 Å². The summed E-state index contributed by atoms with van der Waals surface area (Å²) in [6, 6.07) is 0. The number of hydrogen-bond acceptors (Lipinski definition) is 10. The molecule has 4 aliphatic rings. The molecule has 0 unspecified atom stereocenters. The van der Waals surface area contributed by atoms with Gasteiger partial charge < -0.3 is 49.6 Å². The minimum Gasteiger partial charge on any atom is -0.472 e. The summed E-state index contributed by atoms with van der Waals surface area (Å²) in [5.41, 5.74) is -0.992. The standard InChI is InChI=1S/C15H22O10/c16-3-6-9(19)10(20)11(21)14(23-6)24-13-7-5(1-2-22-13)8(18)12-15(7,4-17)25-12/h1-2,5-14,16-21H,3-4H2/t5-,6+,7-,8+,9+,10-,11+,12-,13+,14-,15+/m0/s1. The highest BCUT2D eigenvalue weighted by Crippen LogP contribution is 2.59. The van der Waals surface area contributed by atoms with Crippen LogP contribution in [0, 0.1) is 11.8 Å². The molecule has 3 heterocycles. The summed E-state index contributed by atoms with van der Waals surface area (Å²) in [7, 11) is 0. The third-order valence-electron chi connectivity index (χ3n) is 5.62. The highest BCUT2D eigenvalue weighted by molar-refractivity contribution is 5.24. The van der Waals surface area contributed by atoms with E-state index < -0.39 is 67.3 Å². The van der Waals surface area contributed by atoms with E-state index in [2.05, 4.69) is 0 Å². The van der Waals surface area contributed by atoms with Crippen LogP contribution in [0.1, 0.15) is 0 Å². The molecule has 0 amide bonds. The molecule has 0 aromatic heterocycles. The second-order valence-electron chi connectivity index (χ2n) is 6.91. The van der Waals surface area contributed by atoms with Crippen LogP contribution in [-0.4, -0.2) is 98.7 Å². The molecule has 25 heavy (non-hydrogen) atoms. The van der Waals surface area contributed by atoms with Crippen molar-refractivity contribution in [3.63, 3.8) is 0 Å². The fourth-order valence-corrected chi connectivity index (χ4v) is 4.17. The van der Waals surface area contributed by atoms with Crippen molar-refractivity contribution in [1.29, 1.82) is 0 Å². The number of aliphatic hydroxyl groups is 6. The Morgan fingerprint density at radius 3 is 2.40 bits per heavy atom. The summed E-state index contributed by atoms with van der Waals surface area (Å²) in [6.45, 7) is -0.908. The smallest absolute Gasteiger partial charge is 0.208 e. The third-order valence-corrected chi connectivity index (χ3v) is 5.62. The van der Waals surface area contributed by atoms with Crippen LogP contribution in [0.2, 0.25) is 0 Å². The van der Waals surface area contributed by atoms with Crippen molar-refractivity contribution in [2.45, 2.75) is 54.8 Å². The van der Waals surface area contributed by atoms with Gasteiger partial charge in [0, 0.05) is 5.92 Å². The molecular formula is C15H22O10. The van der Waals surface area contributed by atoms with Crippen molar-refractivity contribution < 1.29 is 49.6 Å². The van der Waals surface area contributed by atoms with Gasteiger partial charge in [-0.2, -0.15) is 0 Å². The van der Waals surface area contributed by atoms with E-state index in [-0.39, 0.29) is 12.5 Å². The molecule has 3 fully saturated rings. The number of epoxide rings is 1. The summed E-state index contributed by atoms with van der Waals surface area (Å²) in [5.74, 6) is -0.913. The Balaban J connectivity index is 1.53. The van der Waals surface area contributed by atoms with Crippen molar-refractivity contribution in [2.24, 2.45) is 11.8 Å². The summed E-state index contributed by atoms with van der Waals surface area (Å²) < 4.78 is 21.9. The Kier molecular flexibility index (Phi) is 4.30. The molecule has 10 nitrogen and oxygen atoms in total. The average molecular weight is 362 g/mol. The first-order chi connectivity index (χ1) is 11.9. The Morgan fingerprint density at radius 1 is 0.960 bits per heavy atom. The van der Waals surface area contributed by atoms with Gasteiger partial charge in [-0.3, -0.25) is 0 Å². The lowest BCUT2D eigenvalue weighted by Crippen LogP contribution is -2.60. The first-order valence-corrected chi connectivity index (χ1v) is 8.19. The van der Waals surface area contributed by atoms with Gasteiger partial charge in [-0.05, 0) is 6.08 Å². The zero-order valence-corrected chi connectivity index (χ0v) is 13.2. The largest absolute Gasteiger partial charge is 0.472 e. The third kappa shape index (κ3) is 2.45. The summed E-state index contributed by atoms with van der Waals surface area (Å²) in [4.78, 5) is 0. The maximum absolute atomic E-state index is 10.3. The van der Waals surface area contributed by atoms with Gasteiger partial charge in [-0.25, -0.2) is 0 Å². The van der Waals surface area contributed by atoms with E-state index in [1.54, 1.807) is 6.08 Å². The fourth-order valence-electron chi connectivity index (χ4n) is 4.17. The molecule has 3 aliphatic heterocycles. The van der Waals surface area contributed by atoms with E-state index in [9.17, 15) is 30.6 Å². The van der Waals surface area contributed by atoms with Crippen LogP contribution in [0.25, 0.3) is 0 Å². The molecule has 0 aromatic carbocycles. The molecule has 11 atom stereocenters. The van der Waals surface area contributed by atoms with Gasteiger partial charge in [0.15, 0.2) is 6.29 Å². The fraction of sp³-hybridized carbons (Fsp3) is 0.867. The molecular weight excluding hydrogens is 340 g/mol. The molecule has 0 spiro atoms. The first kappa shape index (κ1) is 17.6. The normalized spacial score (nSPS) is 56.9. The van der Waals surface area contributed by atoms with Gasteiger partial charge in [0.2, 0.25) is 6.29 Å². The van der Waals surface area contributed by atoms with Gasteiger partial charge in [-0.15, -0.1) is 0 Å². The zero-order chi connectivity index (χ0) is 17.9. The summed E-state index contributed by atoms with van der Waals surface area (Å²) in [6.07, 6.45) is -6.47. The van der Waals surface area contributed by atoms with Crippen molar-refractivity contribution in [2.75, 3.05) is 13.2 Å².